The van der Waals surface area contributed by atoms with Crippen LogP contribution >= 0.6 is 0 Å². The molecule has 0 N–H and O–H groups in total. The molecule has 0 spiro atoms. The summed E-state index contributed by atoms with van der Waals surface area (Å²) in [5, 5.41) is 0. The standard InChI is InChI=1S/C16H20F3N/c1-5-10-15(4)11-20(12-15)13(3)8-7-9-14(6-2)16(17,18)19/h1,6-9,13H,2,10-12H2,3-4H3/b8-7+,14-9+. The summed E-state index contributed by atoms with van der Waals surface area (Å²) in [5.74, 6) is 2.66. The molecule has 0 radical (unpaired) electrons. The molecular formula is C16H20F3N. The molecule has 0 aromatic rings. The predicted octanol–water partition coefficient (Wildman–Crippen LogP) is 3.95. The van der Waals surface area contributed by atoms with Crippen molar-refractivity contribution in [3.8, 4) is 12.3 Å². The number of alkyl halides is 3. The third-order valence-electron chi connectivity index (χ3n) is 3.49. The Morgan fingerprint density at radius 3 is 2.55 bits per heavy atom. The second-order valence-electron chi connectivity index (χ2n) is 5.55. The van der Waals surface area contributed by atoms with Crippen molar-refractivity contribution in [1.29, 1.82) is 0 Å². The van der Waals surface area contributed by atoms with Gasteiger partial charge in [0.15, 0.2) is 0 Å². The fraction of sp³-hybridized carbons (Fsp3) is 0.500. The summed E-state index contributed by atoms with van der Waals surface area (Å²) in [6.07, 6.45) is 6.75. The molecule has 1 unspecified atom stereocenters. The molecule has 0 saturated carbocycles. The number of nitrogens with zero attached hydrogens (tertiary/aromatic N) is 1. The van der Waals surface area contributed by atoms with E-state index >= 15 is 0 Å². The van der Waals surface area contributed by atoms with E-state index in [-0.39, 0.29) is 11.5 Å². The highest BCUT2D eigenvalue weighted by molar-refractivity contribution is 5.27. The fourth-order valence-electron chi connectivity index (χ4n) is 2.30. The summed E-state index contributed by atoms with van der Waals surface area (Å²) in [7, 11) is 0. The Morgan fingerprint density at radius 2 is 2.10 bits per heavy atom. The molecule has 0 aromatic carbocycles. The van der Waals surface area contributed by atoms with Crippen LogP contribution in [-0.4, -0.2) is 30.2 Å². The van der Waals surface area contributed by atoms with Crippen molar-refractivity contribution in [3.05, 3.63) is 36.5 Å². The van der Waals surface area contributed by atoms with Crippen molar-refractivity contribution in [2.24, 2.45) is 5.41 Å². The van der Waals surface area contributed by atoms with Gasteiger partial charge in [-0.2, -0.15) is 13.2 Å². The minimum Gasteiger partial charge on any atom is -0.296 e. The van der Waals surface area contributed by atoms with Crippen LogP contribution in [0, 0.1) is 17.8 Å². The van der Waals surface area contributed by atoms with E-state index in [1.54, 1.807) is 6.08 Å². The number of likely N-dealkylation sites (tertiary alicyclic amines) is 1. The van der Waals surface area contributed by atoms with Crippen LogP contribution in [0.2, 0.25) is 0 Å². The summed E-state index contributed by atoms with van der Waals surface area (Å²) in [4.78, 5) is 2.18. The van der Waals surface area contributed by atoms with E-state index in [0.717, 1.165) is 31.7 Å². The minimum atomic E-state index is -4.35. The van der Waals surface area contributed by atoms with Gasteiger partial charge in [-0.1, -0.05) is 37.8 Å². The summed E-state index contributed by atoms with van der Waals surface area (Å²) in [6, 6.07) is 0.0939. The molecule has 4 heteroatoms. The molecule has 0 aromatic heterocycles. The van der Waals surface area contributed by atoms with Gasteiger partial charge < -0.3 is 0 Å². The van der Waals surface area contributed by atoms with Gasteiger partial charge in [-0.3, -0.25) is 4.90 Å². The van der Waals surface area contributed by atoms with Crippen LogP contribution in [0.4, 0.5) is 13.2 Å². The molecule has 1 aliphatic heterocycles. The van der Waals surface area contributed by atoms with E-state index in [4.69, 9.17) is 6.42 Å². The Morgan fingerprint density at radius 1 is 1.50 bits per heavy atom. The third-order valence-corrected chi connectivity index (χ3v) is 3.49. The van der Waals surface area contributed by atoms with Crippen molar-refractivity contribution in [2.75, 3.05) is 13.1 Å². The average molecular weight is 283 g/mol. The van der Waals surface area contributed by atoms with Gasteiger partial charge >= 0.3 is 6.18 Å². The third kappa shape index (κ3) is 4.28. The van der Waals surface area contributed by atoms with E-state index in [2.05, 4.69) is 24.3 Å². The molecule has 1 fully saturated rings. The predicted molar refractivity (Wildman–Crippen MR) is 76.1 cm³/mol. The number of terminal acetylenes is 1. The monoisotopic (exact) mass is 283 g/mol. The van der Waals surface area contributed by atoms with Gasteiger partial charge in [0.05, 0.1) is 5.57 Å². The van der Waals surface area contributed by atoms with Crippen LogP contribution in [-0.2, 0) is 0 Å². The fourth-order valence-corrected chi connectivity index (χ4v) is 2.30. The largest absolute Gasteiger partial charge is 0.416 e. The molecule has 110 valence electrons. The Kier molecular flexibility index (Phi) is 5.24. The molecular weight excluding hydrogens is 263 g/mol. The first kappa shape index (κ1) is 16.6. The Balaban J connectivity index is 2.54. The van der Waals surface area contributed by atoms with Gasteiger partial charge in [0, 0.05) is 31.0 Å². The normalized spacial score (nSPS) is 21.3. The molecule has 1 heterocycles. The molecule has 1 aliphatic rings. The highest BCUT2D eigenvalue weighted by atomic mass is 19.4. The minimum absolute atomic E-state index is 0.0939. The number of hydrogen-bond donors (Lipinski definition) is 0. The van der Waals surface area contributed by atoms with E-state index in [1.165, 1.54) is 6.08 Å². The highest BCUT2D eigenvalue weighted by Crippen LogP contribution is 2.34. The van der Waals surface area contributed by atoms with Crippen molar-refractivity contribution in [2.45, 2.75) is 32.5 Å². The number of hydrogen-bond acceptors (Lipinski definition) is 1. The molecule has 1 atom stereocenters. The molecule has 0 amide bonds. The van der Waals surface area contributed by atoms with Gasteiger partial charge in [0.2, 0.25) is 0 Å². The Labute approximate surface area is 118 Å². The number of rotatable bonds is 5. The molecule has 0 bridgehead atoms. The number of allylic oxidation sites excluding steroid dienone is 4. The van der Waals surface area contributed by atoms with Crippen molar-refractivity contribution < 1.29 is 13.2 Å². The highest BCUT2D eigenvalue weighted by Gasteiger charge is 2.39. The van der Waals surface area contributed by atoms with Crippen LogP contribution in [0.15, 0.2) is 36.5 Å². The maximum absolute atomic E-state index is 12.5. The van der Waals surface area contributed by atoms with Crippen LogP contribution in [0.1, 0.15) is 20.3 Å². The zero-order chi connectivity index (χ0) is 15.4. The lowest BCUT2D eigenvalue weighted by molar-refractivity contribution is -0.0881. The lowest BCUT2D eigenvalue weighted by Crippen LogP contribution is -2.57. The van der Waals surface area contributed by atoms with Crippen LogP contribution in [0.3, 0.4) is 0 Å². The van der Waals surface area contributed by atoms with Crippen molar-refractivity contribution in [3.63, 3.8) is 0 Å². The van der Waals surface area contributed by atoms with Crippen molar-refractivity contribution >= 4 is 0 Å². The van der Waals surface area contributed by atoms with E-state index in [1.807, 2.05) is 6.92 Å². The van der Waals surface area contributed by atoms with Crippen LogP contribution < -0.4 is 0 Å². The first-order valence-electron chi connectivity index (χ1n) is 6.47. The SMILES string of the molecule is C#CCC1(C)CN(C(C)/C=C/C=C(\C=C)C(F)(F)F)C1. The lowest BCUT2D eigenvalue weighted by atomic mass is 9.78. The van der Waals surface area contributed by atoms with Gasteiger partial charge in [-0.25, -0.2) is 0 Å². The molecule has 1 saturated heterocycles. The zero-order valence-electron chi connectivity index (χ0n) is 11.9. The first-order chi connectivity index (χ1) is 9.22. The van der Waals surface area contributed by atoms with Gasteiger partial charge in [0.1, 0.15) is 0 Å². The van der Waals surface area contributed by atoms with Gasteiger partial charge in [-0.05, 0) is 6.92 Å². The van der Waals surface area contributed by atoms with Crippen LogP contribution in [0.25, 0.3) is 0 Å². The van der Waals surface area contributed by atoms with Gasteiger partial charge in [0.25, 0.3) is 0 Å². The smallest absolute Gasteiger partial charge is 0.296 e. The zero-order valence-corrected chi connectivity index (χ0v) is 11.9. The van der Waals surface area contributed by atoms with E-state index < -0.39 is 11.7 Å². The summed E-state index contributed by atoms with van der Waals surface area (Å²) in [5.41, 5.74) is -0.591. The van der Waals surface area contributed by atoms with Crippen molar-refractivity contribution in [1.82, 2.24) is 4.90 Å². The summed E-state index contributed by atoms with van der Waals surface area (Å²) >= 11 is 0. The quantitative estimate of drug-likeness (QED) is 0.545. The second kappa shape index (κ2) is 6.32. The topological polar surface area (TPSA) is 3.24 Å². The van der Waals surface area contributed by atoms with E-state index in [0.29, 0.717) is 0 Å². The maximum atomic E-state index is 12.5. The Bertz CT molecular complexity index is 445. The average Bonchev–Trinajstić information content (AvgIpc) is 2.29. The Hall–Kier alpha value is -1.47. The van der Waals surface area contributed by atoms with Gasteiger partial charge in [-0.15, -0.1) is 12.3 Å². The van der Waals surface area contributed by atoms with E-state index in [9.17, 15) is 13.2 Å². The molecule has 1 nitrogen and oxygen atoms in total. The number of halogens is 3. The summed E-state index contributed by atoms with van der Waals surface area (Å²) in [6.45, 7) is 9.01. The maximum Gasteiger partial charge on any atom is 0.416 e. The molecule has 1 rings (SSSR count). The lowest BCUT2D eigenvalue weighted by Gasteiger charge is -2.49. The summed E-state index contributed by atoms with van der Waals surface area (Å²) < 4.78 is 37.4. The second-order valence-corrected chi connectivity index (χ2v) is 5.55. The molecule has 0 aliphatic carbocycles. The van der Waals surface area contributed by atoms with Crippen LogP contribution in [0.5, 0.6) is 0 Å². The first-order valence-corrected chi connectivity index (χ1v) is 6.47. The molecule has 20 heavy (non-hydrogen) atoms.